The zero-order chi connectivity index (χ0) is 29.9. The maximum Gasteiger partial charge on any atom is 0.417 e. The van der Waals surface area contributed by atoms with Crippen molar-refractivity contribution in [3.63, 3.8) is 0 Å². The van der Waals surface area contributed by atoms with Gasteiger partial charge < -0.3 is 25.8 Å². The average molecular weight is 584 g/mol. The first-order chi connectivity index (χ1) is 20.1. The fourth-order valence-electron chi connectivity index (χ4n) is 5.75. The molecule has 2 heterocycles. The molecule has 0 radical (unpaired) electrons. The summed E-state index contributed by atoms with van der Waals surface area (Å²) in [6.07, 6.45) is 3.04. The monoisotopic (exact) mass is 583 g/mol. The molecule has 1 aliphatic carbocycles. The molecule has 0 unspecified atom stereocenters. The molecule has 6 nitrogen and oxygen atoms in total. The molecule has 1 saturated carbocycles. The Bertz CT molecular complexity index is 1390. The Balaban J connectivity index is 1.45. The summed E-state index contributed by atoms with van der Waals surface area (Å²) in [5.41, 5.74) is 1.22. The Labute approximate surface area is 244 Å². The van der Waals surface area contributed by atoms with E-state index in [9.17, 15) is 18.0 Å². The lowest BCUT2D eigenvalue weighted by atomic mass is 9.95. The number of hydrogen-bond donors (Lipinski definition) is 3. The Kier molecular flexibility index (Phi) is 9.03. The number of allylic oxidation sites excluding steroid dienone is 1. The van der Waals surface area contributed by atoms with Gasteiger partial charge in [-0.2, -0.15) is 13.2 Å². The summed E-state index contributed by atoms with van der Waals surface area (Å²) in [5, 5.41) is 8.89. The van der Waals surface area contributed by atoms with Crippen LogP contribution in [0.5, 0.6) is 0 Å². The summed E-state index contributed by atoms with van der Waals surface area (Å²) in [7, 11) is 2.02. The van der Waals surface area contributed by atoms with Crippen molar-refractivity contribution in [3.8, 4) is 11.1 Å². The van der Waals surface area contributed by atoms with Gasteiger partial charge in [-0.3, -0.25) is 4.79 Å². The lowest BCUT2D eigenvalue weighted by molar-refractivity contribution is -0.115. The van der Waals surface area contributed by atoms with Gasteiger partial charge in [-0.15, -0.1) is 0 Å². The number of alkyl halides is 3. The number of nitrogens with zero attached hydrogens (tertiary/aromatic N) is 2. The lowest BCUT2D eigenvalue weighted by Gasteiger charge is -2.35. The largest absolute Gasteiger partial charge is 0.417 e. The standard InChI is InChI=1S/C32H37F4N5O/c1-21-16-27(32(34,35)36)26(20-37-21)31(42)39-29-18-23(9-11-30(29)41-14-12-40(2)13-15-41)25-17-22(8-10-28(25)33)19-38-24-6-4-3-5-7-24/h8-11,16-18,20,24,37-38H,1,3-7,12-15,19H2,2H3,(H,39,42). The van der Waals surface area contributed by atoms with Gasteiger partial charge in [0.1, 0.15) is 5.82 Å². The molecule has 10 heteroatoms. The maximum atomic E-state index is 15.2. The predicted octanol–water partition coefficient (Wildman–Crippen LogP) is 6.09. The van der Waals surface area contributed by atoms with E-state index in [-0.39, 0.29) is 5.70 Å². The van der Waals surface area contributed by atoms with E-state index >= 15 is 4.39 Å². The van der Waals surface area contributed by atoms with E-state index in [2.05, 4.69) is 32.3 Å². The van der Waals surface area contributed by atoms with Crippen molar-refractivity contribution < 1.29 is 22.4 Å². The number of amides is 1. The summed E-state index contributed by atoms with van der Waals surface area (Å²) >= 11 is 0. The molecular weight excluding hydrogens is 546 g/mol. The third-order valence-electron chi connectivity index (χ3n) is 8.19. The SMILES string of the molecule is C=C1C=C(C(F)(F)F)C(C(=O)Nc2cc(-c3cc(CNC4CCCCC4)ccc3F)ccc2N2CCN(C)CC2)=CN1. The van der Waals surface area contributed by atoms with E-state index in [1.807, 2.05) is 7.05 Å². The van der Waals surface area contributed by atoms with Crippen LogP contribution in [-0.4, -0.2) is 56.3 Å². The van der Waals surface area contributed by atoms with Crippen molar-refractivity contribution in [2.45, 2.75) is 50.9 Å². The third kappa shape index (κ3) is 7.04. The second kappa shape index (κ2) is 12.7. The number of carbonyl (C=O) groups excluding carboxylic acids is 1. The molecule has 3 N–H and O–H groups in total. The quantitative estimate of drug-likeness (QED) is 0.344. The fourth-order valence-corrected chi connectivity index (χ4v) is 5.75. The van der Waals surface area contributed by atoms with E-state index in [0.717, 1.165) is 43.8 Å². The van der Waals surface area contributed by atoms with Crippen LogP contribution < -0.4 is 20.9 Å². The number of carbonyl (C=O) groups is 1. The molecule has 0 atom stereocenters. The summed E-state index contributed by atoms with van der Waals surface area (Å²) in [5.74, 6) is -1.34. The van der Waals surface area contributed by atoms with Gasteiger partial charge in [0.2, 0.25) is 0 Å². The lowest BCUT2D eigenvalue weighted by Crippen LogP contribution is -2.44. The molecule has 2 fully saturated rings. The molecular formula is C32H37F4N5O. The highest BCUT2D eigenvalue weighted by Crippen LogP contribution is 2.37. The summed E-state index contributed by atoms with van der Waals surface area (Å²) in [4.78, 5) is 17.6. The molecule has 2 aromatic rings. The Hall–Kier alpha value is -3.63. The molecule has 5 rings (SSSR count). The van der Waals surface area contributed by atoms with Gasteiger partial charge in [-0.25, -0.2) is 4.39 Å². The van der Waals surface area contributed by atoms with Crippen LogP contribution in [-0.2, 0) is 11.3 Å². The minimum Gasteiger partial charge on any atom is -0.367 e. The van der Waals surface area contributed by atoms with Gasteiger partial charge in [0, 0.05) is 56.2 Å². The molecule has 224 valence electrons. The number of rotatable bonds is 7. The zero-order valence-corrected chi connectivity index (χ0v) is 23.8. The fraction of sp³-hybridized carbons (Fsp3) is 0.406. The first-order valence-electron chi connectivity index (χ1n) is 14.4. The summed E-state index contributed by atoms with van der Waals surface area (Å²) in [6.45, 7) is 7.06. The molecule has 0 bridgehead atoms. The molecule has 2 aliphatic heterocycles. The Morgan fingerprint density at radius 3 is 2.50 bits per heavy atom. The van der Waals surface area contributed by atoms with Crippen molar-refractivity contribution in [1.29, 1.82) is 0 Å². The number of benzene rings is 2. The average Bonchev–Trinajstić information content (AvgIpc) is 2.97. The van der Waals surface area contributed by atoms with Crippen molar-refractivity contribution >= 4 is 17.3 Å². The number of nitrogens with one attached hydrogen (secondary N) is 3. The van der Waals surface area contributed by atoms with Gasteiger partial charge in [0.25, 0.3) is 5.91 Å². The highest BCUT2D eigenvalue weighted by Gasteiger charge is 2.40. The number of piperazine rings is 1. The van der Waals surface area contributed by atoms with Crippen LogP contribution in [0.25, 0.3) is 11.1 Å². The van der Waals surface area contributed by atoms with Gasteiger partial charge in [-0.05, 0) is 61.4 Å². The number of hydrogen-bond acceptors (Lipinski definition) is 5. The van der Waals surface area contributed by atoms with E-state index < -0.39 is 29.0 Å². The minimum atomic E-state index is -4.74. The van der Waals surface area contributed by atoms with Crippen molar-refractivity contribution in [2.75, 3.05) is 43.4 Å². The molecule has 0 aromatic heterocycles. The normalized spacial score (nSPS) is 18.8. The summed E-state index contributed by atoms with van der Waals surface area (Å²) < 4.78 is 56.6. The smallest absolute Gasteiger partial charge is 0.367 e. The predicted molar refractivity (Wildman–Crippen MR) is 158 cm³/mol. The van der Waals surface area contributed by atoms with E-state index in [1.165, 1.54) is 25.3 Å². The van der Waals surface area contributed by atoms with Crippen LogP contribution in [0.3, 0.4) is 0 Å². The van der Waals surface area contributed by atoms with Crippen molar-refractivity contribution in [3.05, 3.63) is 83.5 Å². The highest BCUT2D eigenvalue weighted by molar-refractivity contribution is 6.09. The van der Waals surface area contributed by atoms with Crippen molar-refractivity contribution in [2.24, 2.45) is 0 Å². The van der Waals surface area contributed by atoms with Crippen LogP contribution in [0.15, 0.2) is 72.1 Å². The molecule has 2 aromatic carbocycles. The second-order valence-corrected chi connectivity index (χ2v) is 11.3. The zero-order valence-electron chi connectivity index (χ0n) is 23.8. The van der Waals surface area contributed by atoms with Crippen LogP contribution in [0.2, 0.25) is 0 Å². The third-order valence-corrected chi connectivity index (χ3v) is 8.19. The minimum absolute atomic E-state index is 0.0346. The van der Waals surface area contributed by atoms with Crippen LogP contribution >= 0.6 is 0 Å². The van der Waals surface area contributed by atoms with E-state index in [0.29, 0.717) is 48.2 Å². The number of likely N-dealkylation sites (N-methyl/N-ethyl adjacent to an activating group) is 1. The molecule has 42 heavy (non-hydrogen) atoms. The molecule has 1 saturated heterocycles. The van der Waals surface area contributed by atoms with Crippen LogP contribution in [0, 0.1) is 5.82 Å². The first-order valence-corrected chi connectivity index (χ1v) is 14.4. The number of anilines is 2. The van der Waals surface area contributed by atoms with E-state index in [1.54, 1.807) is 30.3 Å². The van der Waals surface area contributed by atoms with Crippen molar-refractivity contribution in [1.82, 2.24) is 15.5 Å². The molecule has 0 spiro atoms. The highest BCUT2D eigenvalue weighted by atomic mass is 19.4. The van der Waals surface area contributed by atoms with Gasteiger partial charge in [0.05, 0.1) is 22.5 Å². The first kappa shape index (κ1) is 29.8. The Morgan fingerprint density at radius 1 is 1.05 bits per heavy atom. The van der Waals surface area contributed by atoms with Gasteiger partial charge in [-0.1, -0.05) is 38.0 Å². The topological polar surface area (TPSA) is 59.6 Å². The Morgan fingerprint density at radius 2 is 1.79 bits per heavy atom. The van der Waals surface area contributed by atoms with E-state index in [4.69, 9.17) is 0 Å². The van der Waals surface area contributed by atoms with Crippen LogP contribution in [0.1, 0.15) is 37.7 Å². The second-order valence-electron chi connectivity index (χ2n) is 11.3. The number of dihydropyridines is 1. The van der Waals surface area contributed by atoms with Gasteiger partial charge in [0.15, 0.2) is 0 Å². The maximum absolute atomic E-state index is 15.2. The number of halogens is 4. The van der Waals surface area contributed by atoms with Crippen LogP contribution in [0.4, 0.5) is 28.9 Å². The molecule has 1 amide bonds. The van der Waals surface area contributed by atoms with Gasteiger partial charge >= 0.3 is 6.18 Å². The molecule has 3 aliphatic rings. The summed E-state index contributed by atoms with van der Waals surface area (Å²) in [6, 6.07) is 10.7.